The van der Waals surface area contributed by atoms with Crippen LogP contribution in [0.4, 0.5) is 5.95 Å². The molecule has 118 valence electrons. The predicted octanol–water partition coefficient (Wildman–Crippen LogP) is 2.03. The van der Waals surface area contributed by atoms with Gasteiger partial charge in [0.25, 0.3) is 0 Å². The minimum absolute atomic E-state index is 0.462. The van der Waals surface area contributed by atoms with Gasteiger partial charge in [-0.05, 0) is 28.8 Å². The van der Waals surface area contributed by atoms with Crippen LogP contribution in [0.2, 0.25) is 0 Å². The molecular weight excluding hydrogens is 348 g/mol. The first-order valence-corrected chi connectivity index (χ1v) is 8.13. The van der Waals surface area contributed by atoms with Crippen molar-refractivity contribution in [1.29, 1.82) is 0 Å². The van der Waals surface area contributed by atoms with Crippen molar-refractivity contribution in [3.63, 3.8) is 0 Å². The van der Waals surface area contributed by atoms with Gasteiger partial charge in [0.1, 0.15) is 0 Å². The first-order valence-electron chi connectivity index (χ1n) is 7.34. The third kappa shape index (κ3) is 3.61. The van der Waals surface area contributed by atoms with E-state index in [2.05, 4.69) is 52.9 Å². The maximum atomic E-state index is 5.02. The third-order valence-corrected chi connectivity index (χ3v) is 4.37. The van der Waals surface area contributed by atoms with Crippen LogP contribution in [-0.2, 0) is 6.54 Å². The maximum absolute atomic E-state index is 5.02. The summed E-state index contributed by atoms with van der Waals surface area (Å²) in [7, 11) is 2.06. The van der Waals surface area contributed by atoms with E-state index in [1.807, 2.05) is 6.92 Å². The van der Waals surface area contributed by atoms with Gasteiger partial charge in [0.2, 0.25) is 11.8 Å². The lowest BCUT2D eigenvalue weighted by atomic mass is 10.0. The lowest BCUT2D eigenvalue weighted by Gasteiger charge is -2.36. The minimum atomic E-state index is 0.462. The zero-order valence-electron chi connectivity index (χ0n) is 12.7. The standard InChI is InChI=1S/C14H19BrN6O/c1-10-18-13(19-22-10)9-21-5-3-12(4-6-21)20(2)14-16-7-11(15)8-17-14/h7-8,12H,3-6,9H2,1-2H3. The van der Waals surface area contributed by atoms with Gasteiger partial charge in [-0.2, -0.15) is 4.98 Å². The number of nitrogens with zero attached hydrogens (tertiary/aromatic N) is 6. The summed E-state index contributed by atoms with van der Waals surface area (Å²) >= 11 is 3.36. The van der Waals surface area contributed by atoms with Gasteiger partial charge in [0, 0.05) is 45.5 Å². The van der Waals surface area contributed by atoms with Gasteiger partial charge in [-0.1, -0.05) is 5.16 Å². The third-order valence-electron chi connectivity index (χ3n) is 3.96. The van der Waals surface area contributed by atoms with E-state index in [1.54, 1.807) is 12.4 Å². The van der Waals surface area contributed by atoms with Crippen molar-refractivity contribution >= 4 is 21.9 Å². The monoisotopic (exact) mass is 366 g/mol. The normalized spacial score (nSPS) is 16.9. The SMILES string of the molecule is Cc1nc(CN2CCC(N(C)c3ncc(Br)cn3)CC2)no1. The van der Waals surface area contributed by atoms with E-state index in [-0.39, 0.29) is 0 Å². The van der Waals surface area contributed by atoms with E-state index < -0.39 is 0 Å². The average molecular weight is 367 g/mol. The molecule has 0 N–H and O–H groups in total. The van der Waals surface area contributed by atoms with E-state index in [0.29, 0.717) is 11.9 Å². The zero-order valence-corrected chi connectivity index (χ0v) is 14.3. The number of aryl methyl sites for hydroxylation is 1. The Kier molecular flexibility index (Phi) is 4.68. The molecule has 1 aliphatic rings. The molecule has 7 nitrogen and oxygen atoms in total. The van der Waals surface area contributed by atoms with Gasteiger partial charge in [-0.25, -0.2) is 9.97 Å². The van der Waals surface area contributed by atoms with Crippen LogP contribution in [0.25, 0.3) is 0 Å². The van der Waals surface area contributed by atoms with Gasteiger partial charge in [-0.3, -0.25) is 4.90 Å². The first-order chi connectivity index (χ1) is 10.6. The second-order valence-electron chi connectivity index (χ2n) is 5.55. The Morgan fingerprint density at radius 2 is 2.00 bits per heavy atom. The Labute approximate surface area is 137 Å². The molecule has 0 saturated carbocycles. The van der Waals surface area contributed by atoms with Crippen LogP contribution in [-0.4, -0.2) is 51.2 Å². The molecule has 1 fully saturated rings. The predicted molar refractivity (Wildman–Crippen MR) is 85.5 cm³/mol. The second-order valence-corrected chi connectivity index (χ2v) is 6.46. The maximum Gasteiger partial charge on any atom is 0.225 e. The number of likely N-dealkylation sites (tertiary alicyclic amines) is 1. The van der Waals surface area contributed by atoms with Gasteiger partial charge in [0.05, 0.1) is 11.0 Å². The number of hydrogen-bond acceptors (Lipinski definition) is 7. The van der Waals surface area contributed by atoms with Crippen molar-refractivity contribution in [1.82, 2.24) is 25.0 Å². The highest BCUT2D eigenvalue weighted by Gasteiger charge is 2.24. The van der Waals surface area contributed by atoms with E-state index in [9.17, 15) is 0 Å². The van der Waals surface area contributed by atoms with Crippen molar-refractivity contribution in [3.05, 3.63) is 28.6 Å². The van der Waals surface area contributed by atoms with Crippen LogP contribution in [0.15, 0.2) is 21.4 Å². The van der Waals surface area contributed by atoms with Crippen LogP contribution < -0.4 is 4.90 Å². The molecule has 0 radical (unpaired) electrons. The quantitative estimate of drug-likeness (QED) is 0.819. The van der Waals surface area contributed by atoms with Crippen LogP contribution in [0.3, 0.4) is 0 Å². The van der Waals surface area contributed by atoms with Gasteiger partial charge < -0.3 is 9.42 Å². The number of anilines is 1. The zero-order chi connectivity index (χ0) is 15.5. The highest BCUT2D eigenvalue weighted by Crippen LogP contribution is 2.20. The highest BCUT2D eigenvalue weighted by molar-refractivity contribution is 9.10. The molecule has 0 amide bonds. The summed E-state index contributed by atoms with van der Waals surface area (Å²) < 4.78 is 5.91. The van der Waals surface area contributed by atoms with Crippen LogP contribution in [0.1, 0.15) is 24.6 Å². The largest absolute Gasteiger partial charge is 0.341 e. The summed E-state index contributed by atoms with van der Waals surface area (Å²) in [5.41, 5.74) is 0. The average Bonchev–Trinajstić information content (AvgIpc) is 2.93. The molecule has 0 aromatic carbocycles. The molecule has 1 saturated heterocycles. The molecule has 0 aliphatic carbocycles. The Morgan fingerprint density at radius 1 is 1.32 bits per heavy atom. The molecule has 0 bridgehead atoms. The molecule has 2 aromatic rings. The van der Waals surface area contributed by atoms with Crippen LogP contribution in [0, 0.1) is 6.92 Å². The molecule has 8 heteroatoms. The number of halogens is 1. The number of rotatable bonds is 4. The smallest absolute Gasteiger partial charge is 0.225 e. The Hall–Kier alpha value is -1.54. The summed E-state index contributed by atoms with van der Waals surface area (Å²) in [4.78, 5) is 17.5. The fourth-order valence-electron chi connectivity index (χ4n) is 2.72. The Morgan fingerprint density at radius 3 is 2.59 bits per heavy atom. The molecule has 3 heterocycles. The fraction of sp³-hybridized carbons (Fsp3) is 0.571. The Bertz CT molecular complexity index is 608. The number of aromatic nitrogens is 4. The van der Waals surface area contributed by atoms with Crippen molar-refractivity contribution in [3.8, 4) is 0 Å². The molecule has 22 heavy (non-hydrogen) atoms. The summed E-state index contributed by atoms with van der Waals surface area (Å²) in [5.74, 6) is 2.16. The van der Waals surface area contributed by atoms with Gasteiger partial charge in [-0.15, -0.1) is 0 Å². The van der Waals surface area contributed by atoms with E-state index in [4.69, 9.17) is 4.52 Å². The molecule has 3 rings (SSSR count). The number of piperidine rings is 1. The van der Waals surface area contributed by atoms with Gasteiger partial charge in [0.15, 0.2) is 5.82 Å². The molecule has 2 aromatic heterocycles. The highest BCUT2D eigenvalue weighted by atomic mass is 79.9. The van der Waals surface area contributed by atoms with Crippen molar-refractivity contribution in [2.45, 2.75) is 32.4 Å². The molecule has 0 spiro atoms. The Balaban J connectivity index is 1.53. The lowest BCUT2D eigenvalue weighted by Crippen LogP contribution is -2.43. The van der Waals surface area contributed by atoms with Crippen molar-refractivity contribution < 1.29 is 4.52 Å². The minimum Gasteiger partial charge on any atom is -0.341 e. The first kappa shape index (κ1) is 15.4. The van der Waals surface area contributed by atoms with E-state index >= 15 is 0 Å². The summed E-state index contributed by atoms with van der Waals surface area (Å²) in [6.07, 6.45) is 5.72. The van der Waals surface area contributed by atoms with Crippen molar-refractivity contribution in [2.75, 3.05) is 25.0 Å². The van der Waals surface area contributed by atoms with Crippen LogP contribution in [0.5, 0.6) is 0 Å². The summed E-state index contributed by atoms with van der Waals surface area (Å²) in [6.45, 7) is 4.59. The van der Waals surface area contributed by atoms with Gasteiger partial charge >= 0.3 is 0 Å². The van der Waals surface area contributed by atoms with E-state index in [1.165, 1.54) is 0 Å². The van der Waals surface area contributed by atoms with Crippen molar-refractivity contribution in [2.24, 2.45) is 0 Å². The van der Waals surface area contributed by atoms with Crippen LogP contribution >= 0.6 is 15.9 Å². The van der Waals surface area contributed by atoms with E-state index in [0.717, 1.165) is 48.7 Å². The fourth-order valence-corrected chi connectivity index (χ4v) is 2.93. The molecule has 0 unspecified atom stereocenters. The molecule has 1 aliphatic heterocycles. The second kappa shape index (κ2) is 6.70. The molecular formula is C14H19BrN6O. The number of hydrogen-bond donors (Lipinski definition) is 0. The summed E-state index contributed by atoms with van der Waals surface area (Å²) in [6, 6.07) is 0.462. The lowest BCUT2D eigenvalue weighted by molar-refractivity contribution is 0.196. The molecule has 0 atom stereocenters. The summed E-state index contributed by atoms with van der Waals surface area (Å²) in [5, 5.41) is 3.96. The topological polar surface area (TPSA) is 71.2 Å².